The Morgan fingerprint density at radius 1 is 1.15 bits per heavy atom. The Bertz CT molecular complexity index is 849. The van der Waals surface area contributed by atoms with Gasteiger partial charge in [-0.15, -0.1) is 16.4 Å². The molecular formula is C17H17N5O2S2. The molecule has 2 heterocycles. The lowest BCUT2D eigenvalue weighted by molar-refractivity contribution is -0.117. The first-order valence-electron chi connectivity index (χ1n) is 7.90. The minimum atomic E-state index is -0.491. The molecule has 2 aromatic heterocycles. The summed E-state index contributed by atoms with van der Waals surface area (Å²) in [5, 5.41) is 11.7. The van der Waals surface area contributed by atoms with Gasteiger partial charge in [0, 0.05) is 11.4 Å². The number of nitrogens with zero attached hydrogens (tertiary/aromatic N) is 3. The van der Waals surface area contributed by atoms with Gasteiger partial charge in [0.1, 0.15) is 6.33 Å². The molecule has 0 bridgehead atoms. The van der Waals surface area contributed by atoms with Crippen molar-refractivity contribution in [3.63, 3.8) is 0 Å². The topological polar surface area (TPSA) is 88.9 Å². The number of rotatable bonds is 7. The fourth-order valence-corrected chi connectivity index (χ4v) is 3.42. The summed E-state index contributed by atoms with van der Waals surface area (Å²) in [6, 6.07) is 13.1. The van der Waals surface area contributed by atoms with Crippen LogP contribution >= 0.6 is 23.1 Å². The number of hydrogen-bond acceptors (Lipinski definition) is 6. The van der Waals surface area contributed by atoms with Gasteiger partial charge >= 0.3 is 6.03 Å². The molecule has 3 aromatic rings. The van der Waals surface area contributed by atoms with E-state index in [4.69, 9.17) is 0 Å². The van der Waals surface area contributed by atoms with Crippen LogP contribution in [0.5, 0.6) is 0 Å². The Balaban J connectivity index is 1.38. The summed E-state index contributed by atoms with van der Waals surface area (Å²) >= 11 is 2.81. The highest BCUT2D eigenvalue weighted by atomic mass is 32.2. The van der Waals surface area contributed by atoms with Crippen molar-refractivity contribution in [1.29, 1.82) is 0 Å². The second-order valence-corrected chi connectivity index (χ2v) is 7.20. The number of aromatic nitrogens is 3. The smallest absolute Gasteiger partial charge is 0.321 e. The van der Waals surface area contributed by atoms with Crippen LogP contribution in [0.1, 0.15) is 4.88 Å². The van der Waals surface area contributed by atoms with Gasteiger partial charge in [-0.25, -0.2) is 14.5 Å². The van der Waals surface area contributed by atoms with Crippen LogP contribution in [0.3, 0.4) is 0 Å². The summed E-state index contributed by atoms with van der Waals surface area (Å²) in [5.41, 5.74) is 0.890. The van der Waals surface area contributed by atoms with Crippen molar-refractivity contribution in [3.05, 3.63) is 59.0 Å². The lowest BCUT2D eigenvalue weighted by atomic mass is 10.3. The molecule has 0 aliphatic rings. The fourth-order valence-electron chi connectivity index (χ4n) is 2.11. The highest BCUT2D eigenvalue weighted by Gasteiger charge is 2.10. The van der Waals surface area contributed by atoms with E-state index in [-0.39, 0.29) is 11.7 Å². The predicted octanol–water partition coefficient (Wildman–Crippen LogP) is 2.49. The molecule has 2 N–H and O–H groups in total. The van der Waals surface area contributed by atoms with Crippen molar-refractivity contribution >= 4 is 35.0 Å². The van der Waals surface area contributed by atoms with Gasteiger partial charge < -0.3 is 5.32 Å². The average Bonchev–Trinajstić information content (AvgIpc) is 3.33. The lowest BCUT2D eigenvalue weighted by Gasteiger charge is -2.05. The first-order valence-corrected chi connectivity index (χ1v) is 9.77. The molecule has 0 saturated heterocycles. The van der Waals surface area contributed by atoms with Crippen LogP contribution < -0.4 is 10.6 Å². The van der Waals surface area contributed by atoms with E-state index in [1.165, 1.54) is 16.6 Å². The number of benzene rings is 1. The zero-order valence-corrected chi connectivity index (χ0v) is 15.4. The molecule has 0 aliphatic carbocycles. The van der Waals surface area contributed by atoms with Crippen LogP contribution in [0.15, 0.2) is 59.3 Å². The number of thioether (sulfide) groups is 1. The van der Waals surface area contributed by atoms with Gasteiger partial charge in [0.25, 0.3) is 0 Å². The lowest BCUT2D eigenvalue weighted by Crippen LogP contribution is -2.41. The summed E-state index contributed by atoms with van der Waals surface area (Å²) in [7, 11) is 0. The van der Waals surface area contributed by atoms with Crippen molar-refractivity contribution in [3.8, 4) is 5.69 Å². The van der Waals surface area contributed by atoms with Crippen LogP contribution in [-0.2, 0) is 11.2 Å². The molecule has 0 radical (unpaired) electrons. The zero-order valence-electron chi connectivity index (χ0n) is 13.8. The van der Waals surface area contributed by atoms with Crippen LogP contribution in [0.4, 0.5) is 4.79 Å². The second-order valence-electron chi connectivity index (χ2n) is 5.23. The number of para-hydroxylation sites is 1. The number of nitrogens with one attached hydrogen (secondary N) is 2. The Morgan fingerprint density at radius 3 is 2.77 bits per heavy atom. The maximum atomic E-state index is 11.8. The third-order valence-electron chi connectivity index (χ3n) is 3.31. The Morgan fingerprint density at radius 2 is 2.00 bits per heavy atom. The Kier molecular flexibility index (Phi) is 6.39. The van der Waals surface area contributed by atoms with E-state index in [0.717, 1.165) is 12.1 Å². The van der Waals surface area contributed by atoms with Gasteiger partial charge in [0.2, 0.25) is 11.1 Å². The molecule has 1 aromatic carbocycles. The van der Waals surface area contributed by atoms with Crippen molar-refractivity contribution in [2.75, 3.05) is 12.3 Å². The maximum Gasteiger partial charge on any atom is 0.321 e. The first-order chi connectivity index (χ1) is 12.7. The molecule has 0 saturated carbocycles. The summed E-state index contributed by atoms with van der Waals surface area (Å²) in [5.74, 6) is -0.323. The molecule has 0 atom stereocenters. The Hall–Kier alpha value is -2.65. The molecule has 134 valence electrons. The monoisotopic (exact) mass is 387 g/mol. The van der Waals surface area contributed by atoms with Gasteiger partial charge in [-0.2, -0.15) is 0 Å². The molecule has 0 spiro atoms. The third kappa shape index (κ3) is 5.43. The first kappa shape index (κ1) is 18.2. The van der Waals surface area contributed by atoms with E-state index in [1.54, 1.807) is 22.3 Å². The quantitative estimate of drug-likeness (QED) is 0.608. The van der Waals surface area contributed by atoms with Gasteiger partial charge in [0.05, 0.1) is 11.4 Å². The maximum absolute atomic E-state index is 11.8. The van der Waals surface area contributed by atoms with Crippen LogP contribution in [0.2, 0.25) is 0 Å². The van der Waals surface area contributed by atoms with E-state index in [2.05, 4.69) is 20.7 Å². The van der Waals surface area contributed by atoms with Crippen LogP contribution in [0.25, 0.3) is 5.69 Å². The highest BCUT2D eigenvalue weighted by Crippen LogP contribution is 2.13. The van der Waals surface area contributed by atoms with Crippen molar-refractivity contribution in [1.82, 2.24) is 25.4 Å². The SMILES string of the molecule is O=C(CSc1ncn(-c2ccccc2)n1)NC(=O)NCCc1cccs1. The number of thiophene rings is 1. The summed E-state index contributed by atoms with van der Waals surface area (Å²) in [4.78, 5) is 28.9. The van der Waals surface area contributed by atoms with Crippen molar-refractivity contribution < 1.29 is 9.59 Å². The molecule has 26 heavy (non-hydrogen) atoms. The number of carbonyl (C=O) groups excluding carboxylic acids is 2. The molecule has 0 unspecified atom stereocenters. The third-order valence-corrected chi connectivity index (χ3v) is 5.10. The van der Waals surface area contributed by atoms with E-state index in [9.17, 15) is 9.59 Å². The molecule has 0 aliphatic heterocycles. The zero-order chi connectivity index (χ0) is 18.2. The van der Waals surface area contributed by atoms with Gasteiger partial charge in [-0.05, 0) is 30.0 Å². The average molecular weight is 387 g/mol. The minimum Gasteiger partial charge on any atom is -0.337 e. The Labute approximate surface area is 158 Å². The largest absolute Gasteiger partial charge is 0.337 e. The molecule has 0 fully saturated rings. The summed E-state index contributed by atoms with van der Waals surface area (Å²) in [6.07, 6.45) is 2.34. The predicted molar refractivity (Wildman–Crippen MR) is 102 cm³/mol. The molecular weight excluding hydrogens is 370 g/mol. The molecule has 7 nitrogen and oxygen atoms in total. The normalized spacial score (nSPS) is 10.5. The van der Waals surface area contributed by atoms with Crippen LogP contribution in [0, 0.1) is 0 Å². The van der Waals surface area contributed by atoms with Gasteiger partial charge in [0.15, 0.2) is 0 Å². The fraction of sp³-hybridized carbons (Fsp3) is 0.176. The van der Waals surface area contributed by atoms with E-state index in [0.29, 0.717) is 11.7 Å². The summed E-state index contributed by atoms with van der Waals surface area (Å²) in [6.45, 7) is 0.482. The van der Waals surface area contributed by atoms with Gasteiger partial charge in [-0.3, -0.25) is 10.1 Å². The number of hydrogen-bond donors (Lipinski definition) is 2. The standard InChI is InChI=1S/C17H17N5O2S2/c23-15(20-16(24)18-9-8-14-7-4-10-25-14)11-26-17-19-12-22(21-17)13-5-2-1-3-6-13/h1-7,10,12H,8-9,11H2,(H2,18,20,23,24). The number of imide groups is 1. The van der Waals surface area contributed by atoms with Gasteiger partial charge in [-0.1, -0.05) is 36.0 Å². The van der Waals surface area contributed by atoms with Crippen molar-refractivity contribution in [2.24, 2.45) is 0 Å². The van der Waals surface area contributed by atoms with E-state index < -0.39 is 6.03 Å². The molecule has 3 amide bonds. The second kappa shape index (κ2) is 9.16. The van der Waals surface area contributed by atoms with Crippen molar-refractivity contribution in [2.45, 2.75) is 11.6 Å². The molecule has 3 rings (SSSR count). The number of amides is 3. The summed E-state index contributed by atoms with van der Waals surface area (Å²) < 4.78 is 1.64. The number of carbonyl (C=O) groups is 2. The highest BCUT2D eigenvalue weighted by molar-refractivity contribution is 7.99. The van der Waals surface area contributed by atoms with E-state index >= 15 is 0 Å². The minimum absolute atomic E-state index is 0.0666. The molecule has 9 heteroatoms. The van der Waals surface area contributed by atoms with Crippen LogP contribution in [-0.4, -0.2) is 39.0 Å². The number of urea groups is 1. The van der Waals surface area contributed by atoms with E-state index in [1.807, 2.05) is 47.8 Å².